The standard InChI is InChI=1S/C22H30F3N5O4/c1-3-4-17-27-16-12-29(8-7-15(16)20(28-17)22(23,24)25)19(32)9-14(26-21(33)34)11-30-10-13(2)5-6-18(30)31/h13-14,26H,3-12H2,1-2H3,(H,33,34)/t13-,14+/m1/s1. The van der Waals surface area contributed by atoms with Crippen LogP contribution >= 0.6 is 0 Å². The molecule has 0 spiro atoms. The van der Waals surface area contributed by atoms with E-state index in [1.807, 2.05) is 13.8 Å². The first-order valence-electron chi connectivity index (χ1n) is 11.5. The molecule has 12 heteroatoms. The van der Waals surface area contributed by atoms with Gasteiger partial charge in [0.25, 0.3) is 0 Å². The van der Waals surface area contributed by atoms with Crippen molar-refractivity contribution in [2.24, 2.45) is 5.92 Å². The number of nitrogens with zero attached hydrogens (tertiary/aromatic N) is 4. The number of rotatable bonds is 7. The lowest BCUT2D eigenvalue weighted by atomic mass is 9.98. The highest BCUT2D eigenvalue weighted by Gasteiger charge is 2.39. The van der Waals surface area contributed by atoms with Crippen LogP contribution < -0.4 is 5.32 Å². The molecule has 9 nitrogen and oxygen atoms in total. The van der Waals surface area contributed by atoms with Gasteiger partial charge in [0.2, 0.25) is 11.8 Å². The number of carbonyl (C=O) groups is 3. The smallest absolute Gasteiger partial charge is 0.433 e. The summed E-state index contributed by atoms with van der Waals surface area (Å²) >= 11 is 0. The Bertz CT molecular complexity index is 940. The summed E-state index contributed by atoms with van der Waals surface area (Å²) in [6, 6.07) is -0.826. The Labute approximate surface area is 195 Å². The van der Waals surface area contributed by atoms with Crippen molar-refractivity contribution in [2.75, 3.05) is 19.6 Å². The number of aromatic nitrogens is 2. The molecule has 0 unspecified atom stereocenters. The summed E-state index contributed by atoms with van der Waals surface area (Å²) < 4.78 is 40.7. The van der Waals surface area contributed by atoms with Crippen LogP contribution in [-0.2, 0) is 35.2 Å². The number of hydrogen-bond acceptors (Lipinski definition) is 5. The molecule has 188 valence electrons. The highest BCUT2D eigenvalue weighted by Crippen LogP contribution is 2.34. The lowest BCUT2D eigenvalue weighted by Gasteiger charge is -2.35. The summed E-state index contributed by atoms with van der Waals surface area (Å²) in [5, 5.41) is 11.5. The third kappa shape index (κ3) is 6.35. The summed E-state index contributed by atoms with van der Waals surface area (Å²) in [6.45, 7) is 4.31. The first kappa shape index (κ1) is 25.7. The largest absolute Gasteiger partial charge is 0.465 e. The van der Waals surface area contributed by atoms with Gasteiger partial charge in [0.1, 0.15) is 5.82 Å². The minimum atomic E-state index is -4.61. The Balaban J connectivity index is 1.75. The predicted molar refractivity (Wildman–Crippen MR) is 115 cm³/mol. The molecule has 1 fully saturated rings. The number of amides is 3. The molecular weight excluding hydrogens is 455 g/mol. The summed E-state index contributed by atoms with van der Waals surface area (Å²) in [7, 11) is 0. The maximum atomic E-state index is 13.6. The molecule has 2 N–H and O–H groups in total. The van der Waals surface area contributed by atoms with Gasteiger partial charge in [0, 0.05) is 44.5 Å². The van der Waals surface area contributed by atoms with Gasteiger partial charge in [-0.1, -0.05) is 13.8 Å². The fraction of sp³-hybridized carbons (Fsp3) is 0.682. The fourth-order valence-corrected chi connectivity index (χ4v) is 4.48. The molecule has 0 aliphatic carbocycles. The van der Waals surface area contributed by atoms with E-state index in [0.717, 1.165) is 6.42 Å². The molecule has 34 heavy (non-hydrogen) atoms. The number of alkyl halides is 3. The van der Waals surface area contributed by atoms with Gasteiger partial charge in [-0.25, -0.2) is 14.8 Å². The zero-order chi connectivity index (χ0) is 25.0. The quantitative estimate of drug-likeness (QED) is 0.614. The molecule has 2 aliphatic rings. The first-order valence-corrected chi connectivity index (χ1v) is 11.5. The van der Waals surface area contributed by atoms with Crippen molar-refractivity contribution >= 4 is 17.9 Å². The van der Waals surface area contributed by atoms with E-state index in [4.69, 9.17) is 0 Å². The van der Waals surface area contributed by atoms with Crippen LogP contribution in [0.2, 0.25) is 0 Å². The molecule has 0 radical (unpaired) electrons. The van der Waals surface area contributed by atoms with E-state index in [-0.39, 0.29) is 67.8 Å². The Morgan fingerprint density at radius 3 is 2.65 bits per heavy atom. The molecular formula is C22H30F3N5O4. The third-order valence-corrected chi connectivity index (χ3v) is 6.13. The minimum absolute atomic E-state index is 0.00418. The van der Waals surface area contributed by atoms with E-state index in [1.54, 1.807) is 4.90 Å². The van der Waals surface area contributed by atoms with Crippen LogP contribution in [0.5, 0.6) is 0 Å². The van der Waals surface area contributed by atoms with Crippen LogP contribution in [0.1, 0.15) is 62.3 Å². The second-order valence-electron chi connectivity index (χ2n) is 9.02. The molecule has 3 amide bonds. The van der Waals surface area contributed by atoms with E-state index < -0.39 is 29.9 Å². The fourth-order valence-electron chi connectivity index (χ4n) is 4.48. The molecule has 0 aromatic carbocycles. The van der Waals surface area contributed by atoms with Crippen LogP contribution in [0, 0.1) is 5.92 Å². The van der Waals surface area contributed by atoms with Crippen molar-refractivity contribution in [3.8, 4) is 0 Å². The van der Waals surface area contributed by atoms with Gasteiger partial charge in [0.15, 0.2) is 5.69 Å². The molecule has 1 aromatic rings. The van der Waals surface area contributed by atoms with E-state index in [9.17, 15) is 32.7 Å². The number of likely N-dealkylation sites (tertiary alicyclic amines) is 1. The molecule has 2 aliphatic heterocycles. The van der Waals surface area contributed by atoms with Gasteiger partial charge in [-0.05, 0) is 25.2 Å². The zero-order valence-corrected chi connectivity index (χ0v) is 19.3. The van der Waals surface area contributed by atoms with Crippen molar-refractivity contribution in [2.45, 2.75) is 71.1 Å². The number of carbonyl (C=O) groups excluding carboxylic acids is 2. The van der Waals surface area contributed by atoms with Crippen molar-refractivity contribution in [1.82, 2.24) is 25.1 Å². The van der Waals surface area contributed by atoms with E-state index in [1.165, 1.54) is 4.90 Å². The molecule has 2 atom stereocenters. The van der Waals surface area contributed by atoms with Gasteiger partial charge in [0.05, 0.1) is 18.3 Å². The predicted octanol–water partition coefficient (Wildman–Crippen LogP) is 2.62. The molecule has 1 aromatic heterocycles. The Morgan fingerprint density at radius 1 is 1.26 bits per heavy atom. The van der Waals surface area contributed by atoms with Gasteiger partial charge in [-0.15, -0.1) is 0 Å². The van der Waals surface area contributed by atoms with E-state index in [2.05, 4.69) is 15.3 Å². The van der Waals surface area contributed by atoms with Crippen LogP contribution in [0.4, 0.5) is 18.0 Å². The summed E-state index contributed by atoms with van der Waals surface area (Å²) in [5.41, 5.74) is -0.770. The molecule has 1 saturated heterocycles. The van der Waals surface area contributed by atoms with Crippen LogP contribution in [0.3, 0.4) is 0 Å². The molecule has 0 bridgehead atoms. The summed E-state index contributed by atoms with van der Waals surface area (Å²) in [4.78, 5) is 47.5. The molecule has 0 saturated carbocycles. The van der Waals surface area contributed by atoms with Gasteiger partial charge < -0.3 is 20.2 Å². The minimum Gasteiger partial charge on any atom is -0.465 e. The number of halogens is 3. The van der Waals surface area contributed by atoms with E-state index >= 15 is 0 Å². The number of carboxylic acid groups (broad SMARTS) is 1. The van der Waals surface area contributed by atoms with Gasteiger partial charge in [-0.3, -0.25) is 9.59 Å². The van der Waals surface area contributed by atoms with Gasteiger partial charge in [-0.2, -0.15) is 13.2 Å². The lowest BCUT2D eigenvalue weighted by Crippen LogP contribution is -2.50. The lowest BCUT2D eigenvalue weighted by molar-refractivity contribution is -0.142. The van der Waals surface area contributed by atoms with Crippen molar-refractivity contribution in [3.05, 3.63) is 22.8 Å². The third-order valence-electron chi connectivity index (χ3n) is 6.13. The highest BCUT2D eigenvalue weighted by atomic mass is 19.4. The van der Waals surface area contributed by atoms with Crippen LogP contribution in [0.25, 0.3) is 0 Å². The second-order valence-corrected chi connectivity index (χ2v) is 9.02. The zero-order valence-electron chi connectivity index (χ0n) is 19.3. The van der Waals surface area contributed by atoms with Crippen molar-refractivity contribution in [3.63, 3.8) is 0 Å². The monoisotopic (exact) mass is 485 g/mol. The number of aryl methyl sites for hydroxylation is 1. The topological polar surface area (TPSA) is 116 Å². The number of hydrogen-bond donors (Lipinski definition) is 2. The number of nitrogens with one attached hydrogen (secondary N) is 1. The SMILES string of the molecule is CCCc1nc2c(c(C(F)(F)F)n1)CCN(C(=O)C[C@@H](CN1C[C@H](C)CCC1=O)NC(=O)O)C2. The number of fused-ring (bicyclic) bond motifs is 1. The van der Waals surface area contributed by atoms with Gasteiger partial charge >= 0.3 is 12.3 Å². The summed E-state index contributed by atoms with van der Waals surface area (Å²) in [6.07, 6.45) is -4.17. The Morgan fingerprint density at radius 2 is 2.00 bits per heavy atom. The maximum Gasteiger partial charge on any atom is 0.433 e. The average molecular weight is 486 g/mol. The normalized spacial score (nSPS) is 19.6. The summed E-state index contributed by atoms with van der Waals surface area (Å²) in [5.74, 6) is -0.135. The molecule has 3 heterocycles. The second kappa shape index (κ2) is 10.6. The molecule has 3 rings (SSSR count). The van der Waals surface area contributed by atoms with Crippen LogP contribution in [0.15, 0.2) is 0 Å². The Hall–Kier alpha value is -2.92. The van der Waals surface area contributed by atoms with Crippen molar-refractivity contribution < 1.29 is 32.7 Å². The maximum absolute atomic E-state index is 13.6. The van der Waals surface area contributed by atoms with Crippen molar-refractivity contribution in [1.29, 1.82) is 0 Å². The Kier molecular flexibility index (Phi) is 7.98. The number of piperidine rings is 1. The average Bonchev–Trinajstić information content (AvgIpc) is 2.74. The van der Waals surface area contributed by atoms with E-state index in [0.29, 0.717) is 19.4 Å². The first-order chi connectivity index (χ1) is 16.0. The highest BCUT2D eigenvalue weighted by molar-refractivity contribution is 5.79. The van der Waals surface area contributed by atoms with Crippen LogP contribution in [-0.4, -0.2) is 68.5 Å².